The molecule has 0 aliphatic rings. The zero-order chi connectivity index (χ0) is 14.4. The molecule has 104 valence electrons. The Morgan fingerprint density at radius 1 is 1.42 bits per heavy atom. The predicted octanol–water partition coefficient (Wildman–Crippen LogP) is 2.68. The predicted molar refractivity (Wildman–Crippen MR) is 71.5 cm³/mol. The number of imide groups is 1. The van der Waals surface area contributed by atoms with E-state index in [1.165, 1.54) is 18.0 Å². The van der Waals surface area contributed by atoms with Gasteiger partial charge in [0.1, 0.15) is 5.82 Å². The first kappa shape index (κ1) is 15.4. The fraction of sp³-hybridized carbons (Fsp3) is 0.385. The lowest BCUT2D eigenvalue weighted by Crippen LogP contribution is -2.42. The van der Waals surface area contributed by atoms with Crippen molar-refractivity contribution in [2.24, 2.45) is 0 Å². The molecule has 6 heteroatoms. The fourth-order valence-electron chi connectivity index (χ4n) is 1.55. The maximum Gasteiger partial charge on any atom is 0.324 e. The van der Waals surface area contributed by atoms with Gasteiger partial charge >= 0.3 is 6.03 Å². The van der Waals surface area contributed by atoms with Crippen LogP contribution in [-0.4, -0.2) is 29.8 Å². The van der Waals surface area contributed by atoms with Crippen molar-refractivity contribution in [2.45, 2.75) is 19.4 Å². The summed E-state index contributed by atoms with van der Waals surface area (Å²) in [5.41, 5.74) is 0.393. The molecule has 0 saturated carbocycles. The minimum Gasteiger partial charge on any atom is -0.321 e. The fourth-order valence-corrected chi connectivity index (χ4v) is 1.73. The molecule has 3 amide bonds. The number of rotatable bonds is 4. The van der Waals surface area contributed by atoms with Gasteiger partial charge in [0, 0.05) is 24.9 Å². The number of hydrogen-bond acceptors (Lipinski definition) is 2. The summed E-state index contributed by atoms with van der Waals surface area (Å²) in [6, 6.07) is 5.14. The second-order valence-corrected chi connectivity index (χ2v) is 4.48. The smallest absolute Gasteiger partial charge is 0.321 e. The summed E-state index contributed by atoms with van der Waals surface area (Å²) in [5, 5.41) is 2.19. The van der Waals surface area contributed by atoms with Crippen LogP contribution in [0.5, 0.6) is 0 Å². The van der Waals surface area contributed by atoms with E-state index in [0.717, 1.165) is 0 Å². The molecule has 0 aliphatic heterocycles. The van der Waals surface area contributed by atoms with Crippen LogP contribution in [0.3, 0.4) is 0 Å². The van der Waals surface area contributed by atoms with Crippen LogP contribution in [0, 0.1) is 5.82 Å². The average molecular weight is 287 g/mol. The molecule has 1 aromatic rings. The molecule has 1 N–H and O–H groups in total. The van der Waals surface area contributed by atoms with Gasteiger partial charge in [-0.2, -0.15) is 0 Å². The Labute approximate surface area is 116 Å². The lowest BCUT2D eigenvalue weighted by molar-refractivity contribution is -0.119. The molecule has 0 aromatic heterocycles. The monoisotopic (exact) mass is 286 g/mol. The number of nitrogens with one attached hydrogen (secondary N) is 1. The van der Waals surface area contributed by atoms with Gasteiger partial charge in [0.2, 0.25) is 5.91 Å². The zero-order valence-electron chi connectivity index (χ0n) is 10.8. The van der Waals surface area contributed by atoms with Crippen LogP contribution in [-0.2, 0) is 4.79 Å². The van der Waals surface area contributed by atoms with Crippen molar-refractivity contribution in [3.8, 4) is 0 Å². The van der Waals surface area contributed by atoms with Gasteiger partial charge in [-0.3, -0.25) is 10.1 Å². The molecular formula is C13H16ClFN2O2. The van der Waals surface area contributed by atoms with E-state index >= 15 is 0 Å². The molecule has 1 rings (SSSR count). The summed E-state index contributed by atoms with van der Waals surface area (Å²) < 4.78 is 13.6. The first-order valence-electron chi connectivity index (χ1n) is 5.84. The number of amides is 3. The molecule has 1 aromatic carbocycles. The Balaban J connectivity index is 2.72. The second-order valence-electron chi connectivity index (χ2n) is 4.10. The van der Waals surface area contributed by atoms with Crippen LogP contribution in [0.25, 0.3) is 0 Å². The summed E-state index contributed by atoms with van der Waals surface area (Å²) in [5.74, 6) is -0.694. The minimum absolute atomic E-state index is 0.0647. The molecule has 0 aliphatic carbocycles. The zero-order valence-corrected chi connectivity index (χ0v) is 11.6. The molecule has 0 saturated heterocycles. The van der Waals surface area contributed by atoms with Gasteiger partial charge < -0.3 is 4.90 Å². The van der Waals surface area contributed by atoms with E-state index in [9.17, 15) is 14.0 Å². The van der Waals surface area contributed by atoms with E-state index < -0.39 is 18.0 Å². The summed E-state index contributed by atoms with van der Waals surface area (Å²) in [6.07, 6.45) is 0.0647. The third-order valence-corrected chi connectivity index (χ3v) is 3.01. The maximum atomic E-state index is 13.6. The highest BCUT2D eigenvalue weighted by molar-refractivity contribution is 6.19. The number of carbonyl (C=O) groups excluding carboxylic acids is 2. The van der Waals surface area contributed by atoms with Crippen molar-refractivity contribution in [3.05, 3.63) is 35.6 Å². The number of carbonyl (C=O) groups is 2. The van der Waals surface area contributed by atoms with E-state index in [0.29, 0.717) is 5.56 Å². The third kappa shape index (κ3) is 4.21. The van der Waals surface area contributed by atoms with Crippen molar-refractivity contribution < 1.29 is 14.0 Å². The minimum atomic E-state index is -0.578. The first-order chi connectivity index (χ1) is 8.97. The molecule has 1 atom stereocenters. The topological polar surface area (TPSA) is 49.4 Å². The Morgan fingerprint density at radius 2 is 2.05 bits per heavy atom. The van der Waals surface area contributed by atoms with Gasteiger partial charge in [0.25, 0.3) is 0 Å². The SMILES string of the molecule is CC(c1ccccc1F)N(C)C(=O)NC(=O)CCCl. The van der Waals surface area contributed by atoms with Crippen LogP contribution >= 0.6 is 11.6 Å². The normalized spacial score (nSPS) is 11.8. The van der Waals surface area contributed by atoms with Crippen LogP contribution < -0.4 is 5.32 Å². The Bertz CT molecular complexity index is 468. The largest absolute Gasteiger partial charge is 0.324 e. The number of alkyl halides is 1. The molecule has 4 nitrogen and oxygen atoms in total. The first-order valence-corrected chi connectivity index (χ1v) is 6.37. The molecule has 19 heavy (non-hydrogen) atoms. The number of urea groups is 1. The lowest BCUT2D eigenvalue weighted by atomic mass is 10.1. The van der Waals surface area contributed by atoms with E-state index in [1.807, 2.05) is 0 Å². The quantitative estimate of drug-likeness (QED) is 0.865. The van der Waals surface area contributed by atoms with Gasteiger partial charge in [-0.25, -0.2) is 9.18 Å². The Kier molecular flexibility index (Phi) is 5.76. The highest BCUT2D eigenvalue weighted by Crippen LogP contribution is 2.21. The van der Waals surface area contributed by atoms with Gasteiger partial charge in [-0.05, 0) is 13.0 Å². The van der Waals surface area contributed by atoms with Gasteiger partial charge in [-0.15, -0.1) is 11.6 Å². The maximum absolute atomic E-state index is 13.6. The molecular weight excluding hydrogens is 271 g/mol. The molecule has 0 radical (unpaired) electrons. The highest BCUT2D eigenvalue weighted by Gasteiger charge is 2.21. The third-order valence-electron chi connectivity index (χ3n) is 2.82. The Morgan fingerprint density at radius 3 is 2.63 bits per heavy atom. The van der Waals surface area contributed by atoms with Crippen LogP contribution in [0.2, 0.25) is 0 Å². The molecule has 0 fully saturated rings. The summed E-state index contributed by atoms with van der Waals surface area (Å²) in [4.78, 5) is 24.3. The average Bonchev–Trinajstić information content (AvgIpc) is 2.37. The van der Waals surface area contributed by atoms with Gasteiger partial charge in [0.15, 0.2) is 0 Å². The number of benzene rings is 1. The van der Waals surface area contributed by atoms with Crippen LogP contribution in [0.15, 0.2) is 24.3 Å². The number of hydrogen-bond donors (Lipinski definition) is 1. The van der Waals surface area contributed by atoms with Crippen LogP contribution in [0.1, 0.15) is 24.9 Å². The van der Waals surface area contributed by atoms with E-state index in [2.05, 4.69) is 5.32 Å². The molecule has 0 spiro atoms. The highest BCUT2D eigenvalue weighted by atomic mass is 35.5. The molecule has 0 bridgehead atoms. The van der Waals surface area contributed by atoms with E-state index in [4.69, 9.17) is 11.6 Å². The van der Waals surface area contributed by atoms with Crippen molar-refractivity contribution in [2.75, 3.05) is 12.9 Å². The summed E-state index contributed by atoms with van der Waals surface area (Å²) in [7, 11) is 1.50. The van der Waals surface area contributed by atoms with Crippen molar-refractivity contribution >= 4 is 23.5 Å². The second kappa shape index (κ2) is 7.09. The van der Waals surface area contributed by atoms with E-state index in [-0.39, 0.29) is 18.1 Å². The number of nitrogens with zero attached hydrogens (tertiary/aromatic N) is 1. The van der Waals surface area contributed by atoms with Crippen molar-refractivity contribution in [1.82, 2.24) is 10.2 Å². The van der Waals surface area contributed by atoms with Gasteiger partial charge in [0.05, 0.1) is 6.04 Å². The Hall–Kier alpha value is -1.62. The lowest BCUT2D eigenvalue weighted by Gasteiger charge is -2.25. The van der Waals surface area contributed by atoms with E-state index in [1.54, 1.807) is 25.1 Å². The molecule has 0 heterocycles. The van der Waals surface area contributed by atoms with Crippen molar-refractivity contribution in [3.63, 3.8) is 0 Å². The standard InChI is InChI=1S/C13H16ClFN2O2/c1-9(10-5-3-4-6-11(10)15)17(2)13(19)16-12(18)7-8-14/h3-6,9H,7-8H2,1-2H3,(H,16,18,19). The van der Waals surface area contributed by atoms with Crippen LogP contribution in [0.4, 0.5) is 9.18 Å². The summed E-state index contributed by atoms with van der Waals surface area (Å²) >= 11 is 5.40. The summed E-state index contributed by atoms with van der Waals surface area (Å²) in [6.45, 7) is 1.68. The molecule has 1 unspecified atom stereocenters. The van der Waals surface area contributed by atoms with Crippen molar-refractivity contribution in [1.29, 1.82) is 0 Å². The van der Waals surface area contributed by atoms with Gasteiger partial charge in [-0.1, -0.05) is 18.2 Å². The number of halogens is 2.